The molecule has 0 radical (unpaired) electrons. The summed E-state index contributed by atoms with van der Waals surface area (Å²) in [7, 11) is 0. The van der Waals surface area contributed by atoms with Gasteiger partial charge in [0.05, 0.1) is 12.1 Å². The van der Waals surface area contributed by atoms with Gasteiger partial charge in [-0.2, -0.15) is 0 Å². The molecule has 1 rings (SSSR count). The number of aliphatic hydroxyl groups is 1. The second-order valence-corrected chi connectivity index (χ2v) is 5.01. The van der Waals surface area contributed by atoms with Crippen LogP contribution in [0, 0.1) is 11.2 Å². The maximum Gasteiger partial charge on any atom is 0.165 e. The van der Waals surface area contributed by atoms with Gasteiger partial charge in [0.25, 0.3) is 0 Å². The zero-order valence-electron chi connectivity index (χ0n) is 9.74. The summed E-state index contributed by atoms with van der Waals surface area (Å²) in [5, 5.41) is 19.5. The lowest BCUT2D eigenvalue weighted by molar-refractivity contribution is 0.0393. The van der Waals surface area contributed by atoms with Crippen LogP contribution in [0.4, 0.5) is 4.39 Å². The van der Waals surface area contributed by atoms with Crippen molar-refractivity contribution in [3.05, 3.63) is 29.6 Å². The molecular formula is C12H18FNO2. The molecule has 0 aromatic heterocycles. The van der Waals surface area contributed by atoms with Crippen LogP contribution in [0.2, 0.25) is 0 Å². The van der Waals surface area contributed by atoms with Crippen LogP contribution in [0.25, 0.3) is 0 Å². The summed E-state index contributed by atoms with van der Waals surface area (Å²) in [6, 6.07) is 3.31. The van der Waals surface area contributed by atoms with E-state index in [1.807, 2.05) is 20.8 Å². The highest BCUT2D eigenvalue weighted by atomic mass is 19.1. The van der Waals surface area contributed by atoms with E-state index in [-0.39, 0.29) is 5.56 Å². The fourth-order valence-corrected chi connectivity index (χ4v) is 1.51. The lowest BCUT2D eigenvalue weighted by Gasteiger charge is -2.31. The van der Waals surface area contributed by atoms with E-state index in [1.54, 1.807) is 0 Å². The Morgan fingerprint density at radius 3 is 2.38 bits per heavy atom. The number of phenolic OH excluding ortho intramolecular Hbond substituents is 1. The van der Waals surface area contributed by atoms with E-state index < -0.39 is 29.1 Å². The minimum Gasteiger partial charge on any atom is -0.505 e. The van der Waals surface area contributed by atoms with Crippen molar-refractivity contribution in [2.24, 2.45) is 11.1 Å². The Morgan fingerprint density at radius 1 is 1.31 bits per heavy atom. The van der Waals surface area contributed by atoms with Crippen LogP contribution in [-0.4, -0.2) is 16.3 Å². The summed E-state index contributed by atoms with van der Waals surface area (Å²) in [6.07, 6.45) is -0.861. The van der Waals surface area contributed by atoms with Crippen LogP contribution in [0.5, 0.6) is 5.75 Å². The monoisotopic (exact) mass is 227 g/mol. The van der Waals surface area contributed by atoms with Gasteiger partial charge in [-0.25, -0.2) is 4.39 Å². The van der Waals surface area contributed by atoms with Gasteiger partial charge in [0.15, 0.2) is 11.6 Å². The maximum atomic E-state index is 13.1. The number of rotatable bonds is 2. The first-order valence-corrected chi connectivity index (χ1v) is 5.16. The van der Waals surface area contributed by atoms with Crippen molar-refractivity contribution in [2.45, 2.75) is 32.9 Å². The van der Waals surface area contributed by atoms with Crippen LogP contribution in [0.15, 0.2) is 18.2 Å². The van der Waals surface area contributed by atoms with Crippen LogP contribution in [-0.2, 0) is 0 Å². The molecule has 0 aliphatic heterocycles. The number of aromatic hydroxyl groups is 1. The standard InChI is InChI=1S/C12H18FNO2/c1-12(2,3)11(16)9(14)7-5-4-6-8(13)10(7)15/h4-6,9,11,15-16H,14H2,1-3H3/t9-,11-/m0/s1. The second-order valence-electron chi connectivity index (χ2n) is 5.01. The van der Waals surface area contributed by atoms with Crippen molar-refractivity contribution in [2.75, 3.05) is 0 Å². The van der Waals surface area contributed by atoms with E-state index in [2.05, 4.69) is 0 Å². The predicted octanol–water partition coefficient (Wildman–Crippen LogP) is 1.94. The van der Waals surface area contributed by atoms with Gasteiger partial charge >= 0.3 is 0 Å². The molecule has 0 spiro atoms. The maximum absolute atomic E-state index is 13.1. The molecule has 90 valence electrons. The molecule has 3 nitrogen and oxygen atoms in total. The fraction of sp³-hybridized carbons (Fsp3) is 0.500. The minimum absolute atomic E-state index is 0.224. The molecule has 0 aliphatic carbocycles. The molecule has 0 amide bonds. The zero-order valence-corrected chi connectivity index (χ0v) is 9.74. The number of hydrogen-bond acceptors (Lipinski definition) is 3. The Morgan fingerprint density at radius 2 is 1.88 bits per heavy atom. The Hall–Kier alpha value is -1.13. The summed E-state index contributed by atoms with van der Waals surface area (Å²) < 4.78 is 13.1. The summed E-state index contributed by atoms with van der Waals surface area (Å²) in [5.74, 6) is -1.22. The Balaban J connectivity index is 3.06. The third-order valence-corrected chi connectivity index (χ3v) is 2.60. The van der Waals surface area contributed by atoms with Crippen molar-refractivity contribution < 1.29 is 14.6 Å². The molecule has 4 heteroatoms. The average molecular weight is 227 g/mol. The first-order chi connectivity index (χ1) is 7.25. The van der Waals surface area contributed by atoms with Gasteiger partial charge in [0.2, 0.25) is 0 Å². The Bertz CT molecular complexity index is 374. The van der Waals surface area contributed by atoms with Crippen molar-refractivity contribution in [1.29, 1.82) is 0 Å². The third-order valence-electron chi connectivity index (χ3n) is 2.60. The molecule has 1 aromatic carbocycles. The normalized spacial score (nSPS) is 15.9. The Kier molecular flexibility index (Phi) is 3.55. The first-order valence-electron chi connectivity index (χ1n) is 5.16. The average Bonchev–Trinajstić information content (AvgIpc) is 2.18. The lowest BCUT2D eigenvalue weighted by Crippen LogP contribution is -2.37. The van der Waals surface area contributed by atoms with Crippen LogP contribution in [0.1, 0.15) is 32.4 Å². The highest BCUT2D eigenvalue weighted by Gasteiger charge is 2.30. The summed E-state index contributed by atoms with van der Waals surface area (Å²) in [5.41, 5.74) is 5.61. The van der Waals surface area contributed by atoms with E-state index in [9.17, 15) is 14.6 Å². The molecular weight excluding hydrogens is 209 g/mol. The summed E-state index contributed by atoms with van der Waals surface area (Å²) in [6.45, 7) is 5.48. The molecule has 0 bridgehead atoms. The third kappa shape index (κ3) is 2.51. The second kappa shape index (κ2) is 4.39. The van der Waals surface area contributed by atoms with Crippen LogP contribution >= 0.6 is 0 Å². The van der Waals surface area contributed by atoms with Crippen LogP contribution in [0.3, 0.4) is 0 Å². The SMILES string of the molecule is CC(C)(C)[C@@H](O)[C@@H](N)c1cccc(F)c1O. The van der Waals surface area contributed by atoms with Crippen LogP contribution < -0.4 is 5.73 Å². The van der Waals surface area contributed by atoms with E-state index in [4.69, 9.17) is 5.73 Å². The molecule has 16 heavy (non-hydrogen) atoms. The molecule has 2 atom stereocenters. The highest BCUT2D eigenvalue weighted by Crippen LogP contribution is 2.33. The topological polar surface area (TPSA) is 66.5 Å². The van der Waals surface area contributed by atoms with Crippen molar-refractivity contribution in [1.82, 2.24) is 0 Å². The van der Waals surface area contributed by atoms with E-state index in [0.29, 0.717) is 0 Å². The van der Waals surface area contributed by atoms with E-state index in [1.165, 1.54) is 12.1 Å². The number of para-hydroxylation sites is 1. The zero-order chi connectivity index (χ0) is 12.5. The number of nitrogens with two attached hydrogens (primary N) is 1. The number of hydrogen-bond donors (Lipinski definition) is 3. The van der Waals surface area contributed by atoms with E-state index >= 15 is 0 Å². The fourth-order valence-electron chi connectivity index (χ4n) is 1.51. The van der Waals surface area contributed by atoms with Gasteiger partial charge in [0, 0.05) is 5.56 Å². The molecule has 0 saturated heterocycles. The molecule has 0 aliphatic rings. The largest absolute Gasteiger partial charge is 0.505 e. The van der Waals surface area contributed by atoms with E-state index in [0.717, 1.165) is 6.07 Å². The molecule has 0 unspecified atom stereocenters. The molecule has 0 saturated carbocycles. The van der Waals surface area contributed by atoms with Crippen molar-refractivity contribution in [3.63, 3.8) is 0 Å². The molecule has 1 aromatic rings. The summed E-state index contributed by atoms with van der Waals surface area (Å²) >= 11 is 0. The lowest BCUT2D eigenvalue weighted by atomic mass is 9.82. The molecule has 0 heterocycles. The van der Waals surface area contributed by atoms with Gasteiger partial charge in [-0.05, 0) is 11.5 Å². The van der Waals surface area contributed by atoms with Crippen molar-refractivity contribution in [3.8, 4) is 5.75 Å². The summed E-state index contributed by atoms with van der Waals surface area (Å²) in [4.78, 5) is 0. The quantitative estimate of drug-likeness (QED) is 0.723. The van der Waals surface area contributed by atoms with Gasteiger partial charge < -0.3 is 15.9 Å². The number of benzene rings is 1. The van der Waals surface area contributed by atoms with Gasteiger partial charge in [-0.3, -0.25) is 0 Å². The predicted molar refractivity (Wildman–Crippen MR) is 60.5 cm³/mol. The molecule has 4 N–H and O–H groups in total. The highest BCUT2D eigenvalue weighted by molar-refractivity contribution is 5.36. The minimum atomic E-state index is -0.861. The number of halogens is 1. The number of phenols is 1. The van der Waals surface area contributed by atoms with Gasteiger partial charge in [-0.15, -0.1) is 0 Å². The smallest absolute Gasteiger partial charge is 0.165 e. The van der Waals surface area contributed by atoms with Gasteiger partial charge in [0.1, 0.15) is 0 Å². The molecule has 0 fully saturated rings. The number of aliphatic hydroxyl groups excluding tert-OH is 1. The van der Waals surface area contributed by atoms with Gasteiger partial charge in [-0.1, -0.05) is 32.9 Å². The van der Waals surface area contributed by atoms with Crippen molar-refractivity contribution >= 4 is 0 Å². The Labute approximate surface area is 94.7 Å². The first kappa shape index (κ1) is 12.9.